The van der Waals surface area contributed by atoms with Gasteiger partial charge in [0.15, 0.2) is 6.10 Å². The van der Waals surface area contributed by atoms with Crippen LogP contribution in [0.4, 0.5) is 22.0 Å². The van der Waals surface area contributed by atoms with E-state index >= 15 is 0 Å². The largest absolute Gasteiger partial charge is 0.435 e. The summed E-state index contributed by atoms with van der Waals surface area (Å²) in [5, 5.41) is 12.4. The number of ether oxygens (including phenoxy) is 2. The molecule has 0 radical (unpaired) electrons. The number of rotatable bonds is 5. The Morgan fingerprint density at radius 1 is 1.28 bits per heavy atom. The molecule has 0 saturated carbocycles. The lowest BCUT2D eigenvalue weighted by molar-refractivity contribution is -0.242. The van der Waals surface area contributed by atoms with Gasteiger partial charge in [0.2, 0.25) is 0 Å². The van der Waals surface area contributed by atoms with E-state index in [-0.39, 0.29) is 30.8 Å². The number of hydrogen-bond donors (Lipinski definition) is 2. The maximum Gasteiger partial charge on any atom is 0.416 e. The molecule has 3 unspecified atom stereocenters. The number of hydrogen-bond acceptors (Lipinski definition) is 5. The molecule has 0 spiro atoms. The number of alkyl halides is 5. The number of pyridine rings is 1. The van der Waals surface area contributed by atoms with Gasteiger partial charge in [0.1, 0.15) is 5.75 Å². The van der Waals surface area contributed by atoms with Gasteiger partial charge in [-0.15, -0.1) is 0 Å². The maximum absolute atomic E-state index is 12.5. The summed E-state index contributed by atoms with van der Waals surface area (Å²) >= 11 is 0. The van der Waals surface area contributed by atoms with Crippen LogP contribution < -0.4 is 10.1 Å². The van der Waals surface area contributed by atoms with Gasteiger partial charge in [-0.25, -0.2) is 0 Å². The van der Waals surface area contributed by atoms with Gasteiger partial charge in [-0.3, -0.25) is 9.78 Å². The molecule has 1 aromatic heterocycles. The molecule has 3 rings (SSSR count). The minimum absolute atomic E-state index is 0.0610. The molecule has 1 aliphatic heterocycles. The van der Waals surface area contributed by atoms with E-state index < -0.39 is 36.9 Å². The number of aliphatic hydroxyl groups excluding tert-OH is 1. The molecule has 2 N–H and O–H groups in total. The molecule has 6 nitrogen and oxygen atoms in total. The number of benzene rings is 1. The molecule has 158 valence electrons. The van der Waals surface area contributed by atoms with Crippen LogP contribution in [0.5, 0.6) is 5.75 Å². The Morgan fingerprint density at radius 3 is 2.66 bits per heavy atom. The van der Waals surface area contributed by atoms with Gasteiger partial charge < -0.3 is 19.9 Å². The Balaban J connectivity index is 1.60. The average Bonchev–Trinajstić information content (AvgIpc) is 2.66. The third-order valence-corrected chi connectivity index (χ3v) is 4.48. The molecular formula is C18H17F5N2O4. The maximum atomic E-state index is 12.5. The van der Waals surface area contributed by atoms with Crippen LogP contribution in [0.3, 0.4) is 0 Å². The molecule has 2 aromatic rings. The zero-order valence-electron chi connectivity index (χ0n) is 14.8. The van der Waals surface area contributed by atoms with Gasteiger partial charge in [-0.2, -0.15) is 22.0 Å². The molecule has 11 heteroatoms. The fraction of sp³-hybridized carbons (Fsp3) is 0.444. The molecule has 3 atom stereocenters. The molecule has 0 aliphatic carbocycles. The fourth-order valence-corrected chi connectivity index (χ4v) is 3.02. The number of fused-ring (bicyclic) bond motifs is 1. The van der Waals surface area contributed by atoms with E-state index in [0.29, 0.717) is 10.9 Å². The summed E-state index contributed by atoms with van der Waals surface area (Å²) in [6.07, 6.45) is -7.30. The van der Waals surface area contributed by atoms with Crippen molar-refractivity contribution in [3.63, 3.8) is 0 Å². The molecule has 1 saturated heterocycles. The van der Waals surface area contributed by atoms with Crippen LogP contribution in [-0.4, -0.2) is 53.6 Å². The summed E-state index contributed by atoms with van der Waals surface area (Å²) in [6.45, 7) is -3.13. The molecule has 1 amide bonds. The number of halogens is 5. The monoisotopic (exact) mass is 420 g/mol. The molecule has 29 heavy (non-hydrogen) atoms. The highest BCUT2D eigenvalue weighted by atomic mass is 19.4. The summed E-state index contributed by atoms with van der Waals surface area (Å²) < 4.78 is 71.5. The smallest absolute Gasteiger partial charge is 0.416 e. The highest BCUT2D eigenvalue weighted by molar-refractivity contribution is 5.97. The van der Waals surface area contributed by atoms with Crippen LogP contribution >= 0.6 is 0 Å². The van der Waals surface area contributed by atoms with Gasteiger partial charge >= 0.3 is 12.8 Å². The van der Waals surface area contributed by atoms with E-state index in [4.69, 9.17) is 4.74 Å². The average molecular weight is 420 g/mol. The van der Waals surface area contributed by atoms with Gasteiger partial charge in [0.05, 0.1) is 29.8 Å². The summed E-state index contributed by atoms with van der Waals surface area (Å²) in [4.78, 5) is 16.4. The topological polar surface area (TPSA) is 80.7 Å². The van der Waals surface area contributed by atoms with E-state index in [1.54, 1.807) is 0 Å². The first-order valence-corrected chi connectivity index (χ1v) is 8.65. The predicted molar refractivity (Wildman–Crippen MR) is 90.7 cm³/mol. The van der Waals surface area contributed by atoms with Crippen LogP contribution in [-0.2, 0) is 4.74 Å². The second kappa shape index (κ2) is 8.46. The summed E-state index contributed by atoms with van der Waals surface area (Å²) in [5.74, 6) is -0.567. The Labute approximate surface area is 161 Å². The third-order valence-electron chi connectivity index (χ3n) is 4.48. The lowest BCUT2D eigenvalue weighted by atomic mass is 10.0. The van der Waals surface area contributed by atoms with Gasteiger partial charge in [-0.1, -0.05) is 0 Å². The molecule has 2 heterocycles. The van der Waals surface area contributed by atoms with Gasteiger partial charge in [-0.05, 0) is 31.0 Å². The van der Waals surface area contributed by atoms with Crippen molar-refractivity contribution in [2.75, 3.05) is 6.61 Å². The van der Waals surface area contributed by atoms with E-state index in [1.807, 2.05) is 0 Å². The number of aliphatic hydroxyl groups is 1. The van der Waals surface area contributed by atoms with Crippen LogP contribution in [0.1, 0.15) is 23.2 Å². The van der Waals surface area contributed by atoms with E-state index in [0.717, 1.165) is 0 Å². The Bertz CT molecular complexity index is 869. The number of carbonyl (C=O) groups excluding carboxylic acids is 1. The number of carbonyl (C=O) groups is 1. The van der Waals surface area contributed by atoms with Crippen molar-refractivity contribution in [1.29, 1.82) is 0 Å². The second-order valence-corrected chi connectivity index (χ2v) is 6.56. The standard InChI is InChI=1S/C18H17F5N2O4/c19-17(20)29-12-3-1-9-5-10(7-24-13(9)6-12)16(27)25-11-2-4-14(28-8-11)15(26)18(21,22)23/h1,3,5-7,11,14-15,17,26H,2,4,8H2,(H,25,27). The fourth-order valence-electron chi connectivity index (χ4n) is 3.02. The quantitative estimate of drug-likeness (QED) is 0.727. The Hall–Kier alpha value is -2.53. The predicted octanol–water partition coefficient (Wildman–Crippen LogP) is 3.04. The van der Waals surface area contributed by atoms with E-state index in [9.17, 15) is 31.9 Å². The summed E-state index contributed by atoms with van der Waals surface area (Å²) in [7, 11) is 0. The number of nitrogens with zero attached hydrogens (tertiary/aromatic N) is 1. The van der Waals surface area contributed by atoms with Gasteiger partial charge in [0, 0.05) is 17.6 Å². The van der Waals surface area contributed by atoms with Crippen molar-refractivity contribution in [2.45, 2.75) is 43.9 Å². The SMILES string of the molecule is O=C(NC1CCC(C(O)C(F)(F)F)OC1)c1cnc2cc(OC(F)F)ccc2c1. The number of amides is 1. The van der Waals surface area contributed by atoms with Crippen LogP contribution in [0.15, 0.2) is 30.5 Å². The minimum atomic E-state index is -4.77. The summed E-state index contributed by atoms with van der Waals surface area (Å²) in [6, 6.07) is 5.09. The van der Waals surface area contributed by atoms with Crippen molar-refractivity contribution in [3.8, 4) is 5.75 Å². The highest BCUT2D eigenvalue weighted by Gasteiger charge is 2.45. The van der Waals surface area contributed by atoms with E-state index in [2.05, 4.69) is 15.0 Å². The number of aromatic nitrogens is 1. The van der Waals surface area contributed by atoms with Crippen molar-refractivity contribution in [3.05, 3.63) is 36.0 Å². The highest BCUT2D eigenvalue weighted by Crippen LogP contribution is 2.28. The first-order valence-electron chi connectivity index (χ1n) is 8.65. The van der Waals surface area contributed by atoms with Crippen molar-refractivity contribution in [1.82, 2.24) is 10.3 Å². The van der Waals surface area contributed by atoms with Crippen LogP contribution in [0.2, 0.25) is 0 Å². The molecule has 1 fully saturated rings. The van der Waals surface area contributed by atoms with E-state index in [1.165, 1.54) is 30.5 Å². The zero-order chi connectivity index (χ0) is 21.2. The van der Waals surface area contributed by atoms with Gasteiger partial charge in [0.25, 0.3) is 5.91 Å². The van der Waals surface area contributed by atoms with Crippen LogP contribution in [0, 0.1) is 0 Å². The Kier molecular flexibility index (Phi) is 6.18. The van der Waals surface area contributed by atoms with Crippen molar-refractivity contribution < 1.29 is 41.3 Å². The summed E-state index contributed by atoms with van der Waals surface area (Å²) in [5.41, 5.74) is 0.544. The van der Waals surface area contributed by atoms with Crippen LogP contribution in [0.25, 0.3) is 10.9 Å². The second-order valence-electron chi connectivity index (χ2n) is 6.56. The lowest BCUT2D eigenvalue weighted by Gasteiger charge is -2.32. The molecule has 1 aromatic carbocycles. The van der Waals surface area contributed by atoms with Crippen molar-refractivity contribution in [2.24, 2.45) is 0 Å². The zero-order valence-corrected chi connectivity index (χ0v) is 14.8. The first kappa shape index (κ1) is 21.2. The first-order chi connectivity index (χ1) is 13.6. The third kappa shape index (κ3) is 5.30. The Morgan fingerprint density at radius 2 is 2.03 bits per heavy atom. The van der Waals surface area contributed by atoms with Crippen molar-refractivity contribution >= 4 is 16.8 Å². The molecule has 0 bridgehead atoms. The molecular weight excluding hydrogens is 403 g/mol. The minimum Gasteiger partial charge on any atom is -0.435 e. The number of nitrogens with one attached hydrogen (secondary N) is 1. The lowest BCUT2D eigenvalue weighted by Crippen LogP contribution is -2.49. The normalized spacial score (nSPS) is 21.2. The molecule has 1 aliphatic rings.